The highest BCUT2D eigenvalue weighted by Gasteiger charge is 2.20. The standard InChI is InChI=1S/C14H13ClFNO2S/c15-12-7-10(8-17)5-6-11(12)9-20(18,19)14-4-2-1-3-13(14)16/h1-7H,8-9,17H2. The molecule has 0 aliphatic carbocycles. The lowest BCUT2D eigenvalue weighted by Gasteiger charge is -2.08. The smallest absolute Gasteiger partial charge is 0.185 e. The van der Waals surface area contributed by atoms with Gasteiger partial charge in [0.25, 0.3) is 0 Å². The van der Waals surface area contributed by atoms with E-state index in [4.69, 9.17) is 17.3 Å². The first kappa shape index (κ1) is 15.0. The van der Waals surface area contributed by atoms with Crippen LogP contribution in [-0.4, -0.2) is 8.42 Å². The molecule has 3 nitrogen and oxygen atoms in total. The molecule has 0 aliphatic heterocycles. The molecule has 2 rings (SSSR count). The number of benzene rings is 2. The number of halogens is 2. The highest BCUT2D eigenvalue weighted by atomic mass is 35.5. The Hall–Kier alpha value is -1.43. The van der Waals surface area contributed by atoms with E-state index < -0.39 is 15.7 Å². The van der Waals surface area contributed by atoms with Gasteiger partial charge in [0.05, 0.1) is 5.75 Å². The molecule has 0 saturated carbocycles. The molecule has 0 amide bonds. The van der Waals surface area contributed by atoms with Crippen LogP contribution in [0.15, 0.2) is 47.4 Å². The van der Waals surface area contributed by atoms with Gasteiger partial charge >= 0.3 is 0 Å². The molecule has 0 unspecified atom stereocenters. The average Bonchev–Trinajstić information content (AvgIpc) is 2.41. The molecule has 0 spiro atoms. The SMILES string of the molecule is NCc1ccc(CS(=O)(=O)c2ccccc2F)c(Cl)c1. The minimum Gasteiger partial charge on any atom is -0.326 e. The summed E-state index contributed by atoms with van der Waals surface area (Å²) >= 11 is 6.03. The molecule has 20 heavy (non-hydrogen) atoms. The van der Waals surface area contributed by atoms with E-state index in [1.807, 2.05) is 0 Å². The van der Waals surface area contributed by atoms with Gasteiger partial charge in [-0.3, -0.25) is 0 Å². The summed E-state index contributed by atoms with van der Waals surface area (Å²) in [6.45, 7) is 0.320. The van der Waals surface area contributed by atoms with Crippen LogP contribution in [-0.2, 0) is 22.1 Å². The van der Waals surface area contributed by atoms with Crippen LogP contribution in [0.5, 0.6) is 0 Å². The summed E-state index contributed by atoms with van der Waals surface area (Å²) in [5.41, 5.74) is 6.71. The molecule has 2 aromatic rings. The fraction of sp³-hybridized carbons (Fsp3) is 0.143. The Labute approximate surface area is 122 Å². The van der Waals surface area contributed by atoms with E-state index >= 15 is 0 Å². The van der Waals surface area contributed by atoms with Crippen molar-refractivity contribution in [1.29, 1.82) is 0 Å². The molecule has 0 radical (unpaired) electrons. The average molecular weight is 314 g/mol. The van der Waals surface area contributed by atoms with Gasteiger partial charge in [-0.25, -0.2) is 12.8 Å². The minimum absolute atomic E-state index is 0.313. The summed E-state index contributed by atoms with van der Waals surface area (Å²) in [5.74, 6) is -1.11. The Balaban J connectivity index is 2.36. The third kappa shape index (κ3) is 3.17. The van der Waals surface area contributed by atoms with E-state index in [0.29, 0.717) is 17.1 Å². The maximum absolute atomic E-state index is 13.6. The highest BCUT2D eigenvalue weighted by Crippen LogP contribution is 2.24. The van der Waals surface area contributed by atoms with Gasteiger partial charge in [0, 0.05) is 11.6 Å². The monoisotopic (exact) mass is 313 g/mol. The van der Waals surface area contributed by atoms with Gasteiger partial charge in [-0.2, -0.15) is 0 Å². The van der Waals surface area contributed by atoms with Crippen LogP contribution in [0.1, 0.15) is 11.1 Å². The first-order chi connectivity index (χ1) is 9.44. The molecule has 0 heterocycles. The summed E-state index contributed by atoms with van der Waals surface area (Å²) in [7, 11) is -3.78. The van der Waals surface area contributed by atoms with Crippen LogP contribution in [0.25, 0.3) is 0 Å². The third-order valence-electron chi connectivity index (χ3n) is 2.87. The van der Waals surface area contributed by atoms with Crippen molar-refractivity contribution in [3.8, 4) is 0 Å². The molecule has 2 aromatic carbocycles. The maximum atomic E-state index is 13.6. The molecule has 106 valence electrons. The molecule has 6 heteroatoms. The van der Waals surface area contributed by atoms with E-state index in [9.17, 15) is 12.8 Å². The van der Waals surface area contributed by atoms with Gasteiger partial charge < -0.3 is 5.73 Å². The van der Waals surface area contributed by atoms with E-state index in [0.717, 1.165) is 11.6 Å². The van der Waals surface area contributed by atoms with Crippen molar-refractivity contribution in [2.24, 2.45) is 5.73 Å². The summed E-state index contributed by atoms with van der Waals surface area (Å²) in [6, 6.07) is 10.2. The van der Waals surface area contributed by atoms with E-state index in [2.05, 4.69) is 0 Å². The number of nitrogens with two attached hydrogens (primary N) is 1. The van der Waals surface area contributed by atoms with Crippen molar-refractivity contribution in [3.05, 3.63) is 64.4 Å². The van der Waals surface area contributed by atoms with Gasteiger partial charge in [-0.15, -0.1) is 0 Å². The lowest BCUT2D eigenvalue weighted by atomic mass is 10.1. The first-order valence-electron chi connectivity index (χ1n) is 5.88. The zero-order valence-electron chi connectivity index (χ0n) is 10.5. The van der Waals surface area contributed by atoms with Crippen molar-refractivity contribution in [2.75, 3.05) is 0 Å². The number of hydrogen-bond donors (Lipinski definition) is 1. The van der Waals surface area contributed by atoms with Crippen molar-refractivity contribution in [2.45, 2.75) is 17.2 Å². The molecule has 0 aromatic heterocycles. The third-order valence-corrected chi connectivity index (χ3v) is 4.91. The molecule has 0 saturated heterocycles. The normalized spacial score (nSPS) is 11.6. The first-order valence-corrected chi connectivity index (χ1v) is 7.92. The summed E-state index contributed by atoms with van der Waals surface area (Å²) in [4.78, 5) is -0.320. The molecular weight excluding hydrogens is 301 g/mol. The second-order valence-corrected chi connectivity index (χ2v) is 6.68. The van der Waals surface area contributed by atoms with Gasteiger partial charge in [-0.1, -0.05) is 35.9 Å². The summed E-state index contributed by atoms with van der Waals surface area (Å²) < 4.78 is 38.0. The van der Waals surface area contributed by atoms with Gasteiger partial charge in [0.15, 0.2) is 9.84 Å². The number of sulfone groups is 1. The van der Waals surface area contributed by atoms with Crippen molar-refractivity contribution >= 4 is 21.4 Å². The minimum atomic E-state index is -3.78. The van der Waals surface area contributed by atoms with Crippen molar-refractivity contribution in [1.82, 2.24) is 0 Å². The molecule has 0 atom stereocenters. The fourth-order valence-corrected chi connectivity index (χ4v) is 3.63. The van der Waals surface area contributed by atoms with Crippen LogP contribution in [0, 0.1) is 5.82 Å². The lowest BCUT2D eigenvalue weighted by molar-refractivity contribution is 0.566. The summed E-state index contributed by atoms with van der Waals surface area (Å²) in [5, 5.41) is 0.313. The Morgan fingerprint density at radius 1 is 1.15 bits per heavy atom. The summed E-state index contributed by atoms with van der Waals surface area (Å²) in [6.07, 6.45) is 0. The van der Waals surface area contributed by atoms with Crippen LogP contribution in [0.3, 0.4) is 0 Å². The Morgan fingerprint density at radius 3 is 2.45 bits per heavy atom. The molecule has 0 aliphatic rings. The van der Waals surface area contributed by atoms with Crippen LogP contribution < -0.4 is 5.73 Å². The topological polar surface area (TPSA) is 60.2 Å². The number of rotatable bonds is 4. The Bertz CT molecular complexity index is 732. The molecule has 2 N–H and O–H groups in total. The van der Waals surface area contributed by atoms with Crippen LogP contribution in [0.4, 0.5) is 4.39 Å². The maximum Gasteiger partial charge on any atom is 0.185 e. The quantitative estimate of drug-likeness (QED) is 0.944. The largest absolute Gasteiger partial charge is 0.326 e. The van der Waals surface area contributed by atoms with Gasteiger partial charge in [0.1, 0.15) is 10.7 Å². The Morgan fingerprint density at radius 2 is 1.85 bits per heavy atom. The fourth-order valence-electron chi connectivity index (χ4n) is 1.81. The zero-order chi connectivity index (χ0) is 14.8. The van der Waals surface area contributed by atoms with E-state index in [1.54, 1.807) is 18.2 Å². The second-order valence-electron chi connectivity index (χ2n) is 4.32. The number of hydrogen-bond acceptors (Lipinski definition) is 3. The zero-order valence-corrected chi connectivity index (χ0v) is 12.1. The van der Waals surface area contributed by atoms with Crippen LogP contribution in [0.2, 0.25) is 5.02 Å². The second kappa shape index (κ2) is 5.91. The molecular formula is C14H13ClFNO2S. The highest BCUT2D eigenvalue weighted by molar-refractivity contribution is 7.90. The lowest BCUT2D eigenvalue weighted by Crippen LogP contribution is -2.08. The molecule has 0 fully saturated rings. The van der Waals surface area contributed by atoms with E-state index in [1.165, 1.54) is 18.2 Å². The Kier molecular flexibility index (Phi) is 4.42. The van der Waals surface area contributed by atoms with E-state index in [-0.39, 0.29) is 10.6 Å². The van der Waals surface area contributed by atoms with Crippen molar-refractivity contribution < 1.29 is 12.8 Å². The van der Waals surface area contributed by atoms with Gasteiger partial charge in [0.2, 0.25) is 0 Å². The van der Waals surface area contributed by atoms with Crippen LogP contribution >= 0.6 is 11.6 Å². The van der Waals surface area contributed by atoms with Crippen molar-refractivity contribution in [3.63, 3.8) is 0 Å². The molecule has 0 bridgehead atoms. The van der Waals surface area contributed by atoms with Gasteiger partial charge in [-0.05, 0) is 29.3 Å². The predicted molar refractivity (Wildman–Crippen MR) is 76.6 cm³/mol. The predicted octanol–water partition coefficient (Wildman–Crippen LogP) is 2.91.